The molecule has 1 saturated carbocycles. The first-order valence-corrected chi connectivity index (χ1v) is 11.4. The van der Waals surface area contributed by atoms with E-state index in [0.717, 1.165) is 50.5 Å². The maximum absolute atomic E-state index is 11.0. The third-order valence-corrected chi connectivity index (χ3v) is 7.27. The van der Waals surface area contributed by atoms with Crippen LogP contribution in [0, 0.1) is 0 Å². The van der Waals surface area contributed by atoms with E-state index in [4.69, 9.17) is 15.1 Å². The maximum atomic E-state index is 11.0. The number of nitrogens with zero attached hydrogens (tertiary/aromatic N) is 4. The van der Waals surface area contributed by atoms with Gasteiger partial charge in [-0.2, -0.15) is 0 Å². The number of carboxylic acid groups (broad SMARTS) is 1. The highest BCUT2D eigenvalue weighted by Gasteiger charge is 2.47. The Hall–Kier alpha value is -3.58. The van der Waals surface area contributed by atoms with Gasteiger partial charge in [-0.3, -0.25) is 4.79 Å². The average Bonchev–Trinajstić information content (AvgIpc) is 3.36. The smallest absolute Gasteiger partial charge is 0.305 e. The Labute approximate surface area is 188 Å². The summed E-state index contributed by atoms with van der Waals surface area (Å²) in [7, 11) is 0. The fraction of sp³-hybridized carbons (Fsp3) is 0.200. The molecule has 0 atom stereocenters. The summed E-state index contributed by atoms with van der Waals surface area (Å²) in [5.41, 5.74) is 6.14. The number of imidazole rings is 1. The highest BCUT2D eigenvalue weighted by molar-refractivity contribution is 7.21. The van der Waals surface area contributed by atoms with Gasteiger partial charge in [-0.05, 0) is 48.7 Å². The van der Waals surface area contributed by atoms with Gasteiger partial charge in [0, 0.05) is 17.5 Å². The zero-order chi connectivity index (χ0) is 21.7. The van der Waals surface area contributed by atoms with E-state index in [1.807, 2.05) is 22.8 Å². The van der Waals surface area contributed by atoms with Gasteiger partial charge in [0.1, 0.15) is 15.4 Å². The Morgan fingerprint density at radius 2 is 1.84 bits per heavy atom. The van der Waals surface area contributed by atoms with Crippen LogP contribution in [-0.4, -0.2) is 30.6 Å². The summed E-state index contributed by atoms with van der Waals surface area (Å²) < 4.78 is 1.88. The number of rotatable bonds is 6. The van der Waals surface area contributed by atoms with Crippen LogP contribution in [0.15, 0.2) is 67.0 Å². The Morgan fingerprint density at radius 1 is 1.03 bits per heavy atom. The molecule has 0 amide bonds. The fourth-order valence-corrected chi connectivity index (χ4v) is 5.30. The predicted octanol–water partition coefficient (Wildman–Crippen LogP) is 5.26. The molecule has 0 bridgehead atoms. The molecule has 0 saturated heterocycles. The molecule has 5 aromatic rings. The highest BCUT2D eigenvalue weighted by Crippen LogP contribution is 2.53. The first-order valence-electron chi connectivity index (χ1n) is 10.6. The minimum atomic E-state index is -0.819. The summed E-state index contributed by atoms with van der Waals surface area (Å²) >= 11 is 1.59. The van der Waals surface area contributed by atoms with Crippen LogP contribution in [0.4, 0.5) is 0 Å². The van der Waals surface area contributed by atoms with Crippen molar-refractivity contribution in [3.8, 4) is 10.6 Å². The Kier molecular flexibility index (Phi) is 4.33. The van der Waals surface area contributed by atoms with Crippen molar-refractivity contribution in [2.45, 2.75) is 31.2 Å². The van der Waals surface area contributed by atoms with Gasteiger partial charge in [-0.15, -0.1) is 0 Å². The molecule has 0 radical (unpaired) electrons. The topological polar surface area (TPSA) is 80.9 Å². The van der Waals surface area contributed by atoms with Crippen molar-refractivity contribution >= 4 is 38.7 Å². The second-order valence-corrected chi connectivity index (χ2v) is 9.25. The number of thiazole rings is 1. The molecule has 32 heavy (non-hydrogen) atoms. The van der Waals surface area contributed by atoms with Crippen LogP contribution in [0.2, 0.25) is 0 Å². The standard InChI is InChI=1S/C25H20N4O2S/c30-22(31)10-13-29-15-26-18-7-6-16(14-20(18)29)23-27-19-8-9-21(28-24(19)32-23)25(11-12-25)17-4-2-1-3-5-17/h1-9,14-15H,10-13H2,(H,30,31). The number of carbonyl (C=O) groups is 1. The lowest BCUT2D eigenvalue weighted by molar-refractivity contribution is -0.137. The van der Waals surface area contributed by atoms with Crippen LogP contribution in [-0.2, 0) is 16.8 Å². The molecule has 158 valence electrons. The molecule has 0 spiro atoms. The summed E-state index contributed by atoms with van der Waals surface area (Å²) in [6.45, 7) is 0.390. The Morgan fingerprint density at radius 3 is 2.62 bits per heavy atom. The average molecular weight is 441 g/mol. The van der Waals surface area contributed by atoms with Crippen LogP contribution in [0.3, 0.4) is 0 Å². The summed E-state index contributed by atoms with van der Waals surface area (Å²) in [5, 5.41) is 9.91. The summed E-state index contributed by atoms with van der Waals surface area (Å²) in [6.07, 6.45) is 4.01. The second kappa shape index (κ2) is 7.24. The molecule has 7 heteroatoms. The lowest BCUT2D eigenvalue weighted by Crippen LogP contribution is -2.10. The molecule has 0 aliphatic heterocycles. The van der Waals surface area contributed by atoms with Gasteiger partial charge < -0.3 is 9.67 Å². The van der Waals surface area contributed by atoms with E-state index in [0.29, 0.717) is 6.54 Å². The van der Waals surface area contributed by atoms with Crippen LogP contribution in [0.1, 0.15) is 30.5 Å². The van der Waals surface area contributed by atoms with E-state index in [1.165, 1.54) is 5.56 Å². The minimum absolute atomic E-state index is 0.0369. The van der Waals surface area contributed by atoms with Gasteiger partial charge in [0.05, 0.1) is 29.5 Å². The Balaban J connectivity index is 1.37. The second-order valence-electron chi connectivity index (χ2n) is 8.27. The number of aromatic nitrogens is 4. The number of hydrogen-bond acceptors (Lipinski definition) is 5. The monoisotopic (exact) mass is 440 g/mol. The molecule has 1 aliphatic rings. The summed E-state index contributed by atoms with van der Waals surface area (Å²) in [4.78, 5) is 26.1. The number of benzene rings is 2. The van der Waals surface area contributed by atoms with Gasteiger partial charge in [0.25, 0.3) is 0 Å². The highest BCUT2D eigenvalue weighted by atomic mass is 32.1. The summed E-state index contributed by atoms with van der Waals surface area (Å²) in [6, 6.07) is 20.8. The third-order valence-electron chi connectivity index (χ3n) is 6.26. The molecule has 1 N–H and O–H groups in total. The van der Waals surface area contributed by atoms with Crippen molar-refractivity contribution in [1.82, 2.24) is 19.5 Å². The van der Waals surface area contributed by atoms with Crippen molar-refractivity contribution in [2.75, 3.05) is 0 Å². The first-order chi connectivity index (χ1) is 15.6. The molecule has 6 rings (SSSR count). The number of aliphatic carboxylic acids is 1. The molecule has 3 heterocycles. The van der Waals surface area contributed by atoms with Gasteiger partial charge in [-0.1, -0.05) is 41.7 Å². The van der Waals surface area contributed by atoms with E-state index < -0.39 is 5.97 Å². The van der Waals surface area contributed by atoms with Crippen molar-refractivity contribution in [2.24, 2.45) is 0 Å². The van der Waals surface area contributed by atoms with Gasteiger partial charge >= 0.3 is 5.97 Å². The summed E-state index contributed by atoms with van der Waals surface area (Å²) in [5.74, 6) is -0.819. The quantitative estimate of drug-likeness (QED) is 0.389. The SMILES string of the molecule is O=C(O)CCn1cnc2ccc(-c3nc4ccc(C5(c6ccccc6)CC5)nc4s3)cc21. The minimum Gasteiger partial charge on any atom is -0.481 e. The molecule has 1 aliphatic carbocycles. The number of aryl methyl sites for hydroxylation is 1. The number of carboxylic acids is 1. The molecule has 3 aromatic heterocycles. The maximum Gasteiger partial charge on any atom is 0.305 e. The predicted molar refractivity (Wildman–Crippen MR) is 125 cm³/mol. The van der Waals surface area contributed by atoms with Crippen LogP contribution < -0.4 is 0 Å². The van der Waals surface area contributed by atoms with Crippen molar-refractivity contribution in [1.29, 1.82) is 0 Å². The number of hydrogen-bond donors (Lipinski definition) is 1. The molecular weight excluding hydrogens is 420 g/mol. The number of pyridine rings is 1. The van der Waals surface area contributed by atoms with Crippen LogP contribution >= 0.6 is 11.3 Å². The molecule has 6 nitrogen and oxygen atoms in total. The van der Waals surface area contributed by atoms with E-state index in [1.54, 1.807) is 17.7 Å². The van der Waals surface area contributed by atoms with E-state index in [-0.39, 0.29) is 11.8 Å². The number of fused-ring (bicyclic) bond motifs is 2. The van der Waals surface area contributed by atoms with E-state index in [2.05, 4.69) is 47.4 Å². The van der Waals surface area contributed by atoms with Gasteiger partial charge in [0.15, 0.2) is 0 Å². The lowest BCUT2D eigenvalue weighted by Gasteiger charge is -2.14. The molecule has 1 fully saturated rings. The zero-order valence-corrected chi connectivity index (χ0v) is 18.0. The van der Waals surface area contributed by atoms with Gasteiger partial charge in [0.2, 0.25) is 0 Å². The fourth-order valence-electron chi connectivity index (χ4n) is 4.37. The molecule has 0 unspecified atom stereocenters. The zero-order valence-electron chi connectivity index (χ0n) is 17.2. The normalized spacial score (nSPS) is 14.8. The van der Waals surface area contributed by atoms with E-state index in [9.17, 15) is 4.79 Å². The molecular formula is C25H20N4O2S. The largest absolute Gasteiger partial charge is 0.481 e. The molecule has 2 aromatic carbocycles. The first kappa shape index (κ1) is 19.1. The lowest BCUT2D eigenvalue weighted by atomic mass is 9.92. The van der Waals surface area contributed by atoms with E-state index >= 15 is 0 Å². The van der Waals surface area contributed by atoms with Crippen LogP contribution in [0.5, 0.6) is 0 Å². The van der Waals surface area contributed by atoms with Crippen molar-refractivity contribution < 1.29 is 9.90 Å². The van der Waals surface area contributed by atoms with Crippen molar-refractivity contribution in [3.05, 3.63) is 78.2 Å². The van der Waals surface area contributed by atoms with Crippen LogP contribution in [0.25, 0.3) is 32.0 Å². The Bertz CT molecular complexity index is 1470. The third kappa shape index (κ3) is 3.17. The van der Waals surface area contributed by atoms with Gasteiger partial charge in [-0.25, -0.2) is 15.0 Å². The van der Waals surface area contributed by atoms with Crippen molar-refractivity contribution in [3.63, 3.8) is 0 Å².